The van der Waals surface area contributed by atoms with Crippen molar-refractivity contribution in [2.45, 2.75) is 33.2 Å². The Bertz CT molecular complexity index is 442. The van der Waals surface area contributed by atoms with Crippen molar-refractivity contribution in [1.29, 1.82) is 0 Å². The van der Waals surface area contributed by atoms with Crippen molar-refractivity contribution in [1.82, 2.24) is 5.32 Å². The smallest absolute Gasteiger partial charge is 0.0378 e. The zero-order valence-corrected chi connectivity index (χ0v) is 12.3. The van der Waals surface area contributed by atoms with E-state index in [0.29, 0.717) is 6.04 Å². The van der Waals surface area contributed by atoms with Crippen molar-refractivity contribution in [3.05, 3.63) is 35.4 Å². The second-order valence-corrected chi connectivity index (χ2v) is 7.55. The molecular weight excluding hydrogens is 242 g/mol. The first kappa shape index (κ1) is 13.8. The van der Waals surface area contributed by atoms with E-state index in [1.54, 1.807) is 0 Å². The maximum atomic E-state index is 11.5. The number of hydrogen-bond donors (Lipinski definition) is 1. The van der Waals surface area contributed by atoms with Crippen LogP contribution in [0.5, 0.6) is 0 Å². The summed E-state index contributed by atoms with van der Waals surface area (Å²) in [4.78, 5) is 0. The Balaban J connectivity index is 2.04. The van der Waals surface area contributed by atoms with E-state index < -0.39 is 10.8 Å². The van der Waals surface area contributed by atoms with Crippen LogP contribution in [0.25, 0.3) is 0 Å². The van der Waals surface area contributed by atoms with Crippen LogP contribution in [0.15, 0.2) is 24.3 Å². The Labute approximate surface area is 113 Å². The molecule has 2 nitrogen and oxygen atoms in total. The number of fused-ring (bicyclic) bond motifs is 1. The van der Waals surface area contributed by atoms with Crippen LogP contribution in [-0.2, 0) is 17.2 Å². The summed E-state index contributed by atoms with van der Waals surface area (Å²) in [5, 5.41) is 3.60. The minimum absolute atomic E-state index is 0.247. The lowest BCUT2D eigenvalue weighted by Gasteiger charge is -2.28. The molecular formula is C15H23NOS. The number of nitrogens with one attached hydrogen (secondary N) is 1. The molecule has 100 valence electrons. The van der Waals surface area contributed by atoms with Gasteiger partial charge in [-0.3, -0.25) is 4.21 Å². The number of benzene rings is 1. The second kappa shape index (κ2) is 5.54. The molecule has 1 N–H and O–H groups in total. The van der Waals surface area contributed by atoms with Crippen molar-refractivity contribution in [2.75, 3.05) is 18.1 Å². The molecule has 0 fully saturated rings. The van der Waals surface area contributed by atoms with Gasteiger partial charge in [-0.25, -0.2) is 0 Å². The molecule has 0 spiro atoms. The molecule has 2 rings (SSSR count). The molecule has 2 atom stereocenters. The Morgan fingerprint density at radius 2 is 2.11 bits per heavy atom. The fourth-order valence-corrected chi connectivity index (χ4v) is 3.47. The van der Waals surface area contributed by atoms with Crippen molar-refractivity contribution >= 4 is 10.8 Å². The standard InChI is InChI=1S/C15H23NOS/c1-4-18(17)10-9-16-14-13-8-6-5-7-12(13)11-15(14,2)3/h5-8,14,16H,4,9-11H2,1-3H3. The second-order valence-electron chi connectivity index (χ2n) is 5.68. The third-order valence-electron chi connectivity index (χ3n) is 3.79. The predicted molar refractivity (Wildman–Crippen MR) is 78.2 cm³/mol. The van der Waals surface area contributed by atoms with E-state index in [1.807, 2.05) is 6.92 Å². The van der Waals surface area contributed by atoms with Crippen molar-refractivity contribution in [2.24, 2.45) is 5.41 Å². The van der Waals surface area contributed by atoms with Gasteiger partial charge in [0.1, 0.15) is 0 Å². The summed E-state index contributed by atoms with van der Waals surface area (Å²) >= 11 is 0. The van der Waals surface area contributed by atoms with Crippen LogP contribution in [0, 0.1) is 5.41 Å². The molecule has 0 radical (unpaired) electrons. The molecule has 0 saturated carbocycles. The Morgan fingerprint density at radius 1 is 1.39 bits per heavy atom. The number of hydrogen-bond acceptors (Lipinski definition) is 2. The van der Waals surface area contributed by atoms with Crippen LogP contribution in [0.1, 0.15) is 37.9 Å². The van der Waals surface area contributed by atoms with Gasteiger partial charge in [0.15, 0.2) is 0 Å². The number of rotatable bonds is 5. The minimum Gasteiger partial charge on any atom is -0.309 e. The van der Waals surface area contributed by atoms with Gasteiger partial charge in [-0.1, -0.05) is 45.0 Å². The van der Waals surface area contributed by atoms with Gasteiger partial charge >= 0.3 is 0 Å². The summed E-state index contributed by atoms with van der Waals surface area (Å²) in [5.74, 6) is 1.51. The highest BCUT2D eigenvalue weighted by molar-refractivity contribution is 7.84. The van der Waals surface area contributed by atoms with Gasteiger partial charge in [0.05, 0.1) is 0 Å². The van der Waals surface area contributed by atoms with E-state index >= 15 is 0 Å². The normalized spacial score (nSPS) is 22.7. The lowest BCUT2D eigenvalue weighted by Crippen LogP contribution is -2.33. The summed E-state index contributed by atoms with van der Waals surface area (Å²) in [6.07, 6.45) is 1.12. The van der Waals surface area contributed by atoms with E-state index in [2.05, 4.69) is 43.4 Å². The Kier molecular flexibility index (Phi) is 4.23. The Hall–Kier alpha value is -0.670. The van der Waals surface area contributed by atoms with Gasteiger partial charge in [-0.05, 0) is 23.0 Å². The maximum absolute atomic E-state index is 11.5. The van der Waals surface area contributed by atoms with Crippen LogP contribution in [0.4, 0.5) is 0 Å². The highest BCUT2D eigenvalue weighted by Gasteiger charge is 2.38. The van der Waals surface area contributed by atoms with Crippen molar-refractivity contribution < 1.29 is 4.21 Å². The van der Waals surface area contributed by atoms with Crippen molar-refractivity contribution in [3.63, 3.8) is 0 Å². The molecule has 0 aliphatic heterocycles. The Morgan fingerprint density at radius 3 is 2.83 bits per heavy atom. The highest BCUT2D eigenvalue weighted by Crippen LogP contribution is 2.44. The molecule has 0 aromatic heterocycles. The fourth-order valence-electron chi connectivity index (χ4n) is 2.84. The summed E-state index contributed by atoms with van der Waals surface area (Å²) in [6.45, 7) is 7.43. The van der Waals surface area contributed by atoms with E-state index in [9.17, 15) is 4.21 Å². The summed E-state index contributed by atoms with van der Waals surface area (Å²) < 4.78 is 11.5. The van der Waals surface area contributed by atoms with Crippen LogP contribution in [0.2, 0.25) is 0 Å². The van der Waals surface area contributed by atoms with E-state index in [4.69, 9.17) is 0 Å². The van der Waals surface area contributed by atoms with Crippen LogP contribution < -0.4 is 5.32 Å². The SMILES string of the molecule is CCS(=O)CCNC1c2ccccc2CC1(C)C. The monoisotopic (exact) mass is 265 g/mol. The molecule has 0 heterocycles. The summed E-state index contributed by atoms with van der Waals surface area (Å²) in [6, 6.07) is 9.06. The molecule has 0 amide bonds. The third kappa shape index (κ3) is 2.83. The molecule has 2 unspecified atom stereocenters. The van der Waals surface area contributed by atoms with Gasteiger partial charge in [0.25, 0.3) is 0 Å². The zero-order valence-electron chi connectivity index (χ0n) is 11.5. The molecule has 3 heteroatoms. The summed E-state index contributed by atoms with van der Waals surface area (Å²) in [7, 11) is -0.672. The average molecular weight is 265 g/mol. The van der Waals surface area contributed by atoms with E-state index in [1.165, 1.54) is 11.1 Å². The first-order chi connectivity index (χ1) is 8.54. The quantitative estimate of drug-likeness (QED) is 0.887. The average Bonchev–Trinajstić information content (AvgIpc) is 2.60. The van der Waals surface area contributed by atoms with Crippen molar-refractivity contribution in [3.8, 4) is 0 Å². The first-order valence-electron chi connectivity index (χ1n) is 6.71. The molecule has 18 heavy (non-hydrogen) atoms. The molecule has 0 bridgehead atoms. The molecule has 1 aliphatic carbocycles. The first-order valence-corrected chi connectivity index (χ1v) is 8.19. The van der Waals surface area contributed by atoms with E-state index in [-0.39, 0.29) is 5.41 Å². The molecule has 0 saturated heterocycles. The van der Waals surface area contributed by atoms with Gasteiger partial charge in [0.2, 0.25) is 0 Å². The van der Waals surface area contributed by atoms with Gasteiger partial charge in [-0.2, -0.15) is 0 Å². The lowest BCUT2D eigenvalue weighted by molar-refractivity contribution is 0.274. The third-order valence-corrected chi connectivity index (χ3v) is 5.10. The molecule has 1 aromatic carbocycles. The van der Waals surface area contributed by atoms with Crippen LogP contribution in [-0.4, -0.2) is 22.3 Å². The van der Waals surface area contributed by atoms with Crippen LogP contribution >= 0.6 is 0 Å². The fraction of sp³-hybridized carbons (Fsp3) is 0.600. The minimum atomic E-state index is -0.672. The van der Waals surface area contributed by atoms with Crippen LogP contribution in [0.3, 0.4) is 0 Å². The lowest BCUT2D eigenvalue weighted by atomic mass is 9.85. The molecule has 1 aromatic rings. The zero-order chi connectivity index (χ0) is 13.2. The summed E-state index contributed by atoms with van der Waals surface area (Å²) in [5.41, 5.74) is 3.12. The largest absolute Gasteiger partial charge is 0.309 e. The van der Waals surface area contributed by atoms with Gasteiger partial charge < -0.3 is 5.32 Å². The van der Waals surface area contributed by atoms with Gasteiger partial charge in [0, 0.05) is 34.9 Å². The molecule has 1 aliphatic rings. The van der Waals surface area contributed by atoms with Gasteiger partial charge in [-0.15, -0.1) is 0 Å². The topological polar surface area (TPSA) is 29.1 Å². The van der Waals surface area contributed by atoms with E-state index in [0.717, 1.165) is 24.5 Å². The maximum Gasteiger partial charge on any atom is 0.0378 e. The highest BCUT2D eigenvalue weighted by atomic mass is 32.2. The predicted octanol–water partition coefficient (Wildman–Crippen LogP) is 2.67.